The molecule has 25 heavy (non-hydrogen) atoms. The Morgan fingerprint density at radius 3 is 2.64 bits per heavy atom. The topological polar surface area (TPSA) is 93.8 Å². The van der Waals surface area contributed by atoms with Gasteiger partial charge >= 0.3 is 6.03 Å². The molecule has 3 heterocycles. The van der Waals surface area contributed by atoms with Gasteiger partial charge in [-0.1, -0.05) is 22.9 Å². The molecule has 0 radical (unpaired) electrons. The van der Waals surface area contributed by atoms with Crippen LogP contribution in [0, 0.1) is 6.92 Å². The summed E-state index contributed by atoms with van der Waals surface area (Å²) < 4.78 is 1.80. The van der Waals surface area contributed by atoms with E-state index in [1.165, 1.54) is 0 Å². The summed E-state index contributed by atoms with van der Waals surface area (Å²) in [4.78, 5) is 15.5. The van der Waals surface area contributed by atoms with Crippen molar-refractivity contribution in [3.63, 3.8) is 0 Å². The first-order valence-electron chi connectivity index (χ1n) is 8.05. The van der Waals surface area contributed by atoms with E-state index in [-0.39, 0.29) is 12.1 Å². The molecule has 128 valence electrons. The molecule has 0 atom stereocenters. The second kappa shape index (κ2) is 6.34. The third kappa shape index (κ3) is 3.35. The van der Waals surface area contributed by atoms with Gasteiger partial charge in [0.25, 0.3) is 0 Å². The lowest BCUT2D eigenvalue weighted by Gasteiger charge is -2.38. The molecule has 1 aliphatic heterocycles. The normalized spacial score (nSPS) is 14.4. The van der Waals surface area contributed by atoms with Crippen LogP contribution in [0.25, 0.3) is 0 Å². The van der Waals surface area contributed by atoms with E-state index in [4.69, 9.17) is 0 Å². The molecule has 4 rings (SSSR count). The van der Waals surface area contributed by atoms with E-state index in [2.05, 4.69) is 25.8 Å². The number of likely N-dealkylation sites (tertiary alicyclic amines) is 1. The maximum atomic E-state index is 12.2. The second-order valence-corrected chi connectivity index (χ2v) is 6.10. The number of nitrogens with zero attached hydrogens (tertiary/aromatic N) is 7. The van der Waals surface area contributed by atoms with Crippen LogP contribution in [-0.2, 0) is 6.54 Å². The predicted molar refractivity (Wildman–Crippen MR) is 90.0 cm³/mol. The van der Waals surface area contributed by atoms with Crippen LogP contribution in [0.2, 0.25) is 0 Å². The Hall–Kier alpha value is -3.23. The molecule has 0 spiro atoms. The zero-order valence-electron chi connectivity index (χ0n) is 13.8. The number of anilines is 1. The number of aromatic nitrogens is 6. The third-order valence-electron chi connectivity index (χ3n) is 4.15. The van der Waals surface area contributed by atoms with Crippen molar-refractivity contribution in [2.24, 2.45) is 0 Å². The molecule has 1 aliphatic rings. The molecule has 2 amide bonds. The average Bonchev–Trinajstić information content (AvgIpc) is 3.21. The highest BCUT2D eigenvalue weighted by Gasteiger charge is 2.32. The van der Waals surface area contributed by atoms with Crippen LogP contribution in [0.4, 0.5) is 10.5 Å². The Morgan fingerprint density at radius 1 is 1.20 bits per heavy atom. The summed E-state index contributed by atoms with van der Waals surface area (Å²) in [5, 5.41) is 19.3. The Morgan fingerprint density at radius 2 is 1.92 bits per heavy atom. The van der Waals surface area contributed by atoms with Crippen LogP contribution >= 0.6 is 0 Å². The molecular formula is C16H18N8O. The fourth-order valence-electron chi connectivity index (χ4n) is 2.66. The zero-order valence-corrected chi connectivity index (χ0v) is 13.8. The first kappa shape index (κ1) is 15.3. The molecule has 0 unspecified atom stereocenters. The van der Waals surface area contributed by atoms with E-state index < -0.39 is 0 Å². The number of aryl methyl sites for hydroxylation is 1. The van der Waals surface area contributed by atoms with Crippen LogP contribution in [-0.4, -0.2) is 54.0 Å². The summed E-state index contributed by atoms with van der Waals surface area (Å²) in [6.45, 7) is 3.72. The lowest BCUT2D eigenvalue weighted by molar-refractivity contribution is 0.127. The number of amides is 2. The van der Waals surface area contributed by atoms with E-state index in [0.717, 1.165) is 16.9 Å². The predicted octanol–water partition coefficient (Wildman–Crippen LogP) is 1.32. The summed E-state index contributed by atoms with van der Waals surface area (Å²) in [6, 6.07) is 7.80. The van der Waals surface area contributed by atoms with Gasteiger partial charge in [-0.3, -0.25) is 0 Å². The van der Waals surface area contributed by atoms with Gasteiger partial charge in [-0.25, -0.2) is 9.48 Å². The van der Waals surface area contributed by atoms with Gasteiger partial charge in [-0.2, -0.15) is 15.0 Å². The monoisotopic (exact) mass is 338 g/mol. The molecule has 0 bridgehead atoms. The molecule has 2 aromatic heterocycles. The Labute approximate surface area is 144 Å². The maximum Gasteiger partial charge on any atom is 0.321 e. The maximum absolute atomic E-state index is 12.2. The number of benzene rings is 1. The Bertz CT molecular complexity index is 849. The van der Waals surface area contributed by atoms with Crippen LogP contribution in [0.1, 0.15) is 17.3 Å². The minimum Gasteiger partial charge on any atom is -0.320 e. The van der Waals surface area contributed by atoms with Crippen molar-refractivity contribution in [3.8, 4) is 0 Å². The van der Waals surface area contributed by atoms with Crippen molar-refractivity contribution in [2.45, 2.75) is 19.5 Å². The number of hydrogen-bond donors (Lipinski definition) is 1. The number of carbonyl (C=O) groups excluding carboxylic acids is 1. The van der Waals surface area contributed by atoms with Crippen molar-refractivity contribution in [2.75, 3.05) is 18.4 Å². The summed E-state index contributed by atoms with van der Waals surface area (Å²) >= 11 is 0. The fourth-order valence-corrected chi connectivity index (χ4v) is 2.66. The Balaban J connectivity index is 1.30. The largest absolute Gasteiger partial charge is 0.321 e. The summed E-state index contributed by atoms with van der Waals surface area (Å²) in [6.07, 6.45) is 5.13. The lowest BCUT2D eigenvalue weighted by Crippen LogP contribution is -2.52. The third-order valence-corrected chi connectivity index (χ3v) is 4.15. The van der Waals surface area contributed by atoms with Gasteiger partial charge in [0.15, 0.2) is 0 Å². The number of carbonyl (C=O) groups is 1. The molecule has 1 aromatic carbocycles. The van der Waals surface area contributed by atoms with Crippen LogP contribution < -0.4 is 5.32 Å². The van der Waals surface area contributed by atoms with E-state index in [1.54, 1.807) is 26.8 Å². The minimum absolute atomic E-state index is 0.0961. The van der Waals surface area contributed by atoms with Crippen LogP contribution in [0.5, 0.6) is 0 Å². The van der Waals surface area contributed by atoms with Crippen molar-refractivity contribution in [1.29, 1.82) is 0 Å². The van der Waals surface area contributed by atoms with Gasteiger partial charge in [0, 0.05) is 18.8 Å². The minimum atomic E-state index is -0.0961. The number of nitrogens with one attached hydrogen (secondary N) is 1. The van der Waals surface area contributed by atoms with Gasteiger partial charge in [0.05, 0.1) is 24.6 Å². The highest BCUT2D eigenvalue weighted by molar-refractivity contribution is 5.89. The highest BCUT2D eigenvalue weighted by atomic mass is 16.2. The van der Waals surface area contributed by atoms with Gasteiger partial charge in [-0.15, -0.1) is 5.10 Å². The lowest BCUT2D eigenvalue weighted by atomic mass is 10.1. The molecule has 0 saturated carbocycles. The quantitative estimate of drug-likeness (QED) is 0.774. The molecule has 9 heteroatoms. The van der Waals surface area contributed by atoms with E-state index in [1.807, 2.05) is 37.4 Å². The molecule has 1 saturated heterocycles. The highest BCUT2D eigenvalue weighted by Crippen LogP contribution is 2.21. The molecule has 0 aliphatic carbocycles. The van der Waals surface area contributed by atoms with E-state index >= 15 is 0 Å². The van der Waals surface area contributed by atoms with Crippen LogP contribution in [0.15, 0.2) is 42.9 Å². The van der Waals surface area contributed by atoms with Gasteiger partial charge in [-0.05, 0) is 19.1 Å². The van der Waals surface area contributed by atoms with E-state index in [0.29, 0.717) is 19.6 Å². The van der Waals surface area contributed by atoms with Gasteiger partial charge in [0.1, 0.15) is 12.2 Å². The first-order chi connectivity index (χ1) is 12.2. The van der Waals surface area contributed by atoms with Crippen LogP contribution in [0.3, 0.4) is 0 Å². The second-order valence-electron chi connectivity index (χ2n) is 6.10. The standard InChI is InChI=1S/C16H18N8O/c1-12-2-4-13(5-3-12)19-16(25)22-10-15(11-22)23-8-14(20-21-23)9-24-17-6-7-18-24/h2-8,15H,9-11H2,1H3,(H,19,25). The molecule has 1 fully saturated rings. The smallest absolute Gasteiger partial charge is 0.320 e. The average molecular weight is 338 g/mol. The molecule has 9 nitrogen and oxygen atoms in total. The summed E-state index contributed by atoms with van der Waals surface area (Å²) in [7, 11) is 0. The van der Waals surface area contributed by atoms with Crippen molar-refractivity contribution in [1.82, 2.24) is 34.9 Å². The first-order valence-corrected chi connectivity index (χ1v) is 8.05. The molecule has 3 aromatic rings. The van der Waals surface area contributed by atoms with Crippen molar-refractivity contribution < 1.29 is 4.79 Å². The van der Waals surface area contributed by atoms with Crippen molar-refractivity contribution in [3.05, 3.63) is 54.1 Å². The number of hydrogen-bond acceptors (Lipinski definition) is 5. The number of urea groups is 1. The summed E-state index contributed by atoms with van der Waals surface area (Å²) in [5.41, 5.74) is 2.75. The van der Waals surface area contributed by atoms with Gasteiger partial charge < -0.3 is 10.2 Å². The van der Waals surface area contributed by atoms with Gasteiger partial charge in [0.2, 0.25) is 0 Å². The molecule has 1 N–H and O–H groups in total. The number of rotatable bonds is 4. The Kier molecular flexibility index (Phi) is 3.88. The van der Waals surface area contributed by atoms with Crippen molar-refractivity contribution >= 4 is 11.7 Å². The fraction of sp³-hybridized carbons (Fsp3) is 0.312. The molecular weight excluding hydrogens is 320 g/mol. The summed E-state index contributed by atoms with van der Waals surface area (Å²) in [5.74, 6) is 0. The zero-order chi connectivity index (χ0) is 17.2. The SMILES string of the molecule is Cc1ccc(NC(=O)N2CC(n3cc(Cn4nccn4)nn3)C2)cc1. The van der Waals surface area contributed by atoms with E-state index in [9.17, 15) is 4.79 Å².